The minimum atomic E-state index is 0.818. The summed E-state index contributed by atoms with van der Waals surface area (Å²) < 4.78 is 0. The number of hydrogen-bond acceptors (Lipinski definition) is 1. The fourth-order valence-electron chi connectivity index (χ4n) is 1.83. The fraction of sp³-hybridized carbons (Fsp3) is 0.312. The highest BCUT2D eigenvalue weighted by molar-refractivity contribution is 5.85. The minimum Gasteiger partial charge on any atom is -0.192 e. The van der Waals surface area contributed by atoms with E-state index in [1.165, 1.54) is 5.57 Å². The quantitative estimate of drug-likeness (QED) is 0.539. The molecule has 0 aliphatic heterocycles. The van der Waals surface area contributed by atoms with Gasteiger partial charge in [0, 0.05) is 0 Å². The van der Waals surface area contributed by atoms with E-state index in [0.717, 1.165) is 28.7 Å². The Bertz CT molecular complexity index is 480. The molecule has 17 heavy (non-hydrogen) atoms. The van der Waals surface area contributed by atoms with E-state index in [2.05, 4.69) is 39.0 Å². The van der Waals surface area contributed by atoms with Crippen LogP contribution in [0.3, 0.4) is 0 Å². The van der Waals surface area contributed by atoms with Crippen LogP contribution in [0, 0.1) is 11.3 Å². The first-order valence-electron chi connectivity index (χ1n) is 5.94. The zero-order valence-corrected chi connectivity index (χ0v) is 11.0. The Labute approximate surface area is 104 Å². The lowest BCUT2D eigenvalue weighted by Gasteiger charge is -2.12. The number of nitrogens with zero attached hydrogens (tertiary/aromatic N) is 1. The van der Waals surface area contributed by atoms with Gasteiger partial charge in [-0.1, -0.05) is 48.4 Å². The summed E-state index contributed by atoms with van der Waals surface area (Å²) in [5.74, 6) is 0. The molecule has 0 heterocycles. The van der Waals surface area contributed by atoms with Crippen molar-refractivity contribution in [1.82, 2.24) is 0 Å². The van der Waals surface area contributed by atoms with Gasteiger partial charge in [-0.3, -0.25) is 0 Å². The third-order valence-corrected chi connectivity index (χ3v) is 2.88. The van der Waals surface area contributed by atoms with Crippen LogP contribution in [-0.4, -0.2) is 0 Å². The van der Waals surface area contributed by atoms with E-state index in [0.29, 0.717) is 0 Å². The molecule has 1 rings (SSSR count). The molecule has 0 amide bonds. The van der Waals surface area contributed by atoms with Crippen molar-refractivity contribution in [3.63, 3.8) is 0 Å². The SMILES string of the molecule is CC/C(C)=C(/C#N)C(=C(C)C)c1ccccc1. The first kappa shape index (κ1) is 13.3. The maximum atomic E-state index is 9.37. The van der Waals surface area contributed by atoms with Gasteiger partial charge in [-0.15, -0.1) is 0 Å². The Balaban J connectivity index is 3.42. The zero-order chi connectivity index (χ0) is 12.8. The molecule has 0 spiro atoms. The van der Waals surface area contributed by atoms with Gasteiger partial charge in [0.05, 0.1) is 11.6 Å². The van der Waals surface area contributed by atoms with Gasteiger partial charge in [0.15, 0.2) is 0 Å². The third kappa shape index (κ3) is 3.07. The molecule has 0 unspecified atom stereocenters. The van der Waals surface area contributed by atoms with Gasteiger partial charge in [0.1, 0.15) is 0 Å². The smallest absolute Gasteiger partial charge is 0.0997 e. The fourth-order valence-corrected chi connectivity index (χ4v) is 1.83. The van der Waals surface area contributed by atoms with Crippen molar-refractivity contribution in [2.45, 2.75) is 34.1 Å². The molecular formula is C16H19N. The highest BCUT2D eigenvalue weighted by Crippen LogP contribution is 2.29. The molecule has 1 heteroatoms. The first-order valence-corrected chi connectivity index (χ1v) is 5.94. The normalized spacial score (nSPS) is 11.5. The molecule has 0 bridgehead atoms. The van der Waals surface area contributed by atoms with E-state index in [1.54, 1.807) is 0 Å². The van der Waals surface area contributed by atoms with E-state index < -0.39 is 0 Å². The average molecular weight is 225 g/mol. The largest absolute Gasteiger partial charge is 0.192 e. The van der Waals surface area contributed by atoms with E-state index in [-0.39, 0.29) is 0 Å². The molecule has 1 aromatic carbocycles. The molecular weight excluding hydrogens is 206 g/mol. The van der Waals surface area contributed by atoms with Crippen LogP contribution >= 0.6 is 0 Å². The summed E-state index contributed by atoms with van der Waals surface area (Å²) in [5.41, 5.74) is 5.34. The van der Waals surface area contributed by atoms with Gasteiger partial charge < -0.3 is 0 Å². The predicted molar refractivity (Wildman–Crippen MR) is 73.3 cm³/mol. The predicted octanol–water partition coefficient (Wildman–Crippen LogP) is 4.73. The average Bonchev–Trinajstić information content (AvgIpc) is 2.35. The maximum absolute atomic E-state index is 9.37. The number of hydrogen-bond donors (Lipinski definition) is 0. The van der Waals surface area contributed by atoms with Crippen molar-refractivity contribution >= 4 is 5.57 Å². The molecule has 0 N–H and O–H groups in total. The lowest BCUT2D eigenvalue weighted by Crippen LogP contribution is -1.94. The Morgan fingerprint density at radius 3 is 2.12 bits per heavy atom. The molecule has 0 atom stereocenters. The van der Waals surface area contributed by atoms with E-state index in [9.17, 15) is 5.26 Å². The summed E-state index contributed by atoms with van der Waals surface area (Å²) >= 11 is 0. The molecule has 1 nitrogen and oxygen atoms in total. The Hall–Kier alpha value is -1.81. The van der Waals surface area contributed by atoms with Gasteiger partial charge in [-0.2, -0.15) is 5.26 Å². The standard InChI is InChI=1S/C16H19N/c1-5-13(4)15(11-17)16(12(2)3)14-9-7-6-8-10-14/h6-10H,5H2,1-4H3/b15-13-. The van der Waals surface area contributed by atoms with Crippen LogP contribution in [0.2, 0.25) is 0 Å². The van der Waals surface area contributed by atoms with Crippen molar-refractivity contribution in [1.29, 1.82) is 5.26 Å². The van der Waals surface area contributed by atoms with Crippen molar-refractivity contribution in [3.05, 3.63) is 52.6 Å². The molecule has 0 aromatic heterocycles. The number of allylic oxidation sites excluding steroid dienone is 4. The van der Waals surface area contributed by atoms with Crippen LogP contribution in [-0.2, 0) is 0 Å². The first-order chi connectivity index (χ1) is 8.11. The molecule has 0 aliphatic carbocycles. The van der Waals surface area contributed by atoms with Crippen LogP contribution in [0.15, 0.2) is 47.1 Å². The lowest BCUT2D eigenvalue weighted by atomic mass is 9.91. The summed E-state index contributed by atoms with van der Waals surface area (Å²) in [5, 5.41) is 9.37. The number of benzene rings is 1. The summed E-state index contributed by atoms with van der Waals surface area (Å²) in [6.45, 7) is 8.23. The zero-order valence-electron chi connectivity index (χ0n) is 11.0. The number of rotatable bonds is 3. The Morgan fingerprint density at radius 1 is 1.12 bits per heavy atom. The van der Waals surface area contributed by atoms with Crippen molar-refractivity contribution in [2.75, 3.05) is 0 Å². The molecule has 0 radical (unpaired) electrons. The molecule has 0 aliphatic rings. The second-order valence-corrected chi connectivity index (χ2v) is 4.36. The van der Waals surface area contributed by atoms with Crippen LogP contribution < -0.4 is 0 Å². The van der Waals surface area contributed by atoms with E-state index in [4.69, 9.17) is 0 Å². The van der Waals surface area contributed by atoms with E-state index >= 15 is 0 Å². The summed E-state index contributed by atoms with van der Waals surface area (Å²) in [4.78, 5) is 0. The molecule has 0 saturated heterocycles. The Kier molecular flexibility index (Phi) is 4.72. The molecule has 88 valence electrons. The van der Waals surface area contributed by atoms with Gasteiger partial charge in [-0.25, -0.2) is 0 Å². The lowest BCUT2D eigenvalue weighted by molar-refractivity contribution is 1.08. The highest BCUT2D eigenvalue weighted by atomic mass is 14.3. The number of nitriles is 1. The van der Waals surface area contributed by atoms with Crippen LogP contribution in [0.4, 0.5) is 0 Å². The van der Waals surface area contributed by atoms with Gasteiger partial charge in [-0.05, 0) is 38.3 Å². The van der Waals surface area contributed by atoms with Crippen molar-refractivity contribution in [2.24, 2.45) is 0 Å². The third-order valence-electron chi connectivity index (χ3n) is 2.88. The summed E-state index contributed by atoms with van der Waals surface area (Å²) in [6, 6.07) is 12.5. The second kappa shape index (κ2) is 6.06. The molecule has 0 saturated carbocycles. The molecule has 1 aromatic rings. The van der Waals surface area contributed by atoms with Gasteiger partial charge in [0.2, 0.25) is 0 Å². The maximum Gasteiger partial charge on any atom is 0.0997 e. The van der Waals surface area contributed by atoms with Crippen LogP contribution in [0.5, 0.6) is 0 Å². The van der Waals surface area contributed by atoms with Crippen LogP contribution in [0.25, 0.3) is 5.57 Å². The minimum absolute atomic E-state index is 0.818. The Morgan fingerprint density at radius 2 is 1.71 bits per heavy atom. The monoisotopic (exact) mass is 225 g/mol. The summed E-state index contributed by atoms with van der Waals surface area (Å²) in [7, 11) is 0. The van der Waals surface area contributed by atoms with Crippen molar-refractivity contribution < 1.29 is 0 Å². The van der Waals surface area contributed by atoms with Gasteiger partial charge >= 0.3 is 0 Å². The summed E-state index contributed by atoms with van der Waals surface area (Å²) in [6.07, 6.45) is 0.909. The van der Waals surface area contributed by atoms with Gasteiger partial charge in [0.25, 0.3) is 0 Å². The van der Waals surface area contributed by atoms with Crippen LogP contribution in [0.1, 0.15) is 39.7 Å². The topological polar surface area (TPSA) is 23.8 Å². The second-order valence-electron chi connectivity index (χ2n) is 4.36. The molecule has 0 fully saturated rings. The van der Waals surface area contributed by atoms with E-state index in [1.807, 2.05) is 25.1 Å². The van der Waals surface area contributed by atoms with Crippen molar-refractivity contribution in [3.8, 4) is 6.07 Å². The highest BCUT2D eigenvalue weighted by Gasteiger charge is 2.11.